The molecule has 0 spiro atoms. The second kappa shape index (κ2) is 2.32. The van der Waals surface area contributed by atoms with Crippen molar-refractivity contribution in [3.63, 3.8) is 0 Å². The SMILES string of the molecule is C[C@@]1(c2ccc(Br)cc2)CO1. The van der Waals surface area contributed by atoms with Gasteiger partial charge in [0.25, 0.3) is 0 Å². The van der Waals surface area contributed by atoms with Crippen LogP contribution in [0.3, 0.4) is 0 Å². The molecular formula is C9H9BrO. The van der Waals surface area contributed by atoms with Crippen LogP contribution < -0.4 is 0 Å². The maximum Gasteiger partial charge on any atom is 0.114 e. The molecule has 1 aliphatic rings. The normalized spacial score (nSPS) is 28.5. The Morgan fingerprint density at radius 3 is 2.36 bits per heavy atom. The molecular weight excluding hydrogens is 204 g/mol. The van der Waals surface area contributed by atoms with Gasteiger partial charge >= 0.3 is 0 Å². The largest absolute Gasteiger partial charge is 0.365 e. The maximum atomic E-state index is 5.31. The minimum atomic E-state index is 0.0146. The quantitative estimate of drug-likeness (QED) is 0.653. The third-order valence-electron chi connectivity index (χ3n) is 2.03. The van der Waals surface area contributed by atoms with Gasteiger partial charge in [-0.3, -0.25) is 0 Å². The van der Waals surface area contributed by atoms with Crippen LogP contribution in [-0.2, 0) is 10.3 Å². The van der Waals surface area contributed by atoms with Gasteiger partial charge in [-0.15, -0.1) is 0 Å². The number of hydrogen-bond donors (Lipinski definition) is 0. The van der Waals surface area contributed by atoms with Crippen molar-refractivity contribution in [2.24, 2.45) is 0 Å². The summed E-state index contributed by atoms with van der Waals surface area (Å²) in [5.41, 5.74) is 1.28. The lowest BCUT2D eigenvalue weighted by atomic mass is 10.0. The van der Waals surface area contributed by atoms with Crippen molar-refractivity contribution in [2.45, 2.75) is 12.5 Å². The molecule has 58 valence electrons. The van der Waals surface area contributed by atoms with Gasteiger partial charge in [-0.05, 0) is 24.6 Å². The minimum Gasteiger partial charge on any atom is -0.365 e. The number of halogens is 1. The van der Waals surface area contributed by atoms with Crippen molar-refractivity contribution in [2.75, 3.05) is 6.61 Å². The fourth-order valence-corrected chi connectivity index (χ4v) is 1.34. The molecule has 0 radical (unpaired) electrons. The van der Waals surface area contributed by atoms with E-state index >= 15 is 0 Å². The van der Waals surface area contributed by atoms with Crippen LogP contribution in [0.5, 0.6) is 0 Å². The van der Waals surface area contributed by atoms with Crippen LogP contribution >= 0.6 is 15.9 Å². The molecule has 1 heterocycles. The standard InChI is InChI=1S/C9H9BrO/c1-9(6-11-9)7-2-4-8(10)5-3-7/h2-5H,6H2,1H3/t9-/m0/s1. The highest BCUT2D eigenvalue weighted by Gasteiger charge is 2.40. The molecule has 0 aromatic heterocycles. The Bertz CT molecular complexity index is 261. The Kier molecular flexibility index (Phi) is 1.55. The van der Waals surface area contributed by atoms with Crippen LogP contribution in [0, 0.1) is 0 Å². The van der Waals surface area contributed by atoms with Crippen LogP contribution in [0.25, 0.3) is 0 Å². The highest BCUT2D eigenvalue weighted by atomic mass is 79.9. The number of epoxide rings is 1. The van der Waals surface area contributed by atoms with Gasteiger partial charge in [0.2, 0.25) is 0 Å². The summed E-state index contributed by atoms with van der Waals surface area (Å²) < 4.78 is 6.42. The molecule has 2 rings (SSSR count). The first-order chi connectivity index (χ1) is 5.21. The number of rotatable bonds is 1. The van der Waals surface area contributed by atoms with Crippen molar-refractivity contribution < 1.29 is 4.74 Å². The molecule has 0 N–H and O–H groups in total. The predicted octanol–water partition coefficient (Wildman–Crippen LogP) is 2.69. The summed E-state index contributed by atoms with van der Waals surface area (Å²) in [5.74, 6) is 0. The topological polar surface area (TPSA) is 12.5 Å². The summed E-state index contributed by atoms with van der Waals surface area (Å²) in [5, 5.41) is 0. The predicted molar refractivity (Wildman–Crippen MR) is 47.4 cm³/mol. The highest BCUT2D eigenvalue weighted by Crippen LogP contribution is 2.37. The average molecular weight is 213 g/mol. The molecule has 1 aliphatic heterocycles. The monoisotopic (exact) mass is 212 g/mol. The van der Waals surface area contributed by atoms with Gasteiger partial charge in [-0.1, -0.05) is 28.1 Å². The van der Waals surface area contributed by atoms with Gasteiger partial charge in [0.1, 0.15) is 5.60 Å². The van der Waals surface area contributed by atoms with E-state index in [2.05, 4.69) is 35.0 Å². The molecule has 0 unspecified atom stereocenters. The molecule has 2 heteroatoms. The van der Waals surface area contributed by atoms with E-state index in [4.69, 9.17) is 4.74 Å². The smallest absolute Gasteiger partial charge is 0.114 e. The summed E-state index contributed by atoms with van der Waals surface area (Å²) in [7, 11) is 0. The number of ether oxygens (including phenoxy) is 1. The number of benzene rings is 1. The van der Waals surface area contributed by atoms with E-state index in [1.165, 1.54) is 5.56 Å². The summed E-state index contributed by atoms with van der Waals surface area (Å²) in [6.07, 6.45) is 0. The Morgan fingerprint density at radius 1 is 1.36 bits per heavy atom. The van der Waals surface area contributed by atoms with Gasteiger partial charge in [0, 0.05) is 4.47 Å². The Labute approximate surface area is 74.5 Å². The van der Waals surface area contributed by atoms with E-state index < -0.39 is 0 Å². The fraction of sp³-hybridized carbons (Fsp3) is 0.333. The van der Waals surface area contributed by atoms with E-state index in [0.29, 0.717) is 0 Å². The molecule has 0 saturated carbocycles. The van der Waals surface area contributed by atoms with E-state index in [0.717, 1.165) is 11.1 Å². The third kappa shape index (κ3) is 1.33. The highest BCUT2D eigenvalue weighted by molar-refractivity contribution is 9.10. The van der Waals surface area contributed by atoms with E-state index in [9.17, 15) is 0 Å². The average Bonchev–Trinajstić information content (AvgIpc) is 2.70. The van der Waals surface area contributed by atoms with Crippen molar-refractivity contribution in [1.82, 2.24) is 0 Å². The molecule has 1 atom stereocenters. The third-order valence-corrected chi connectivity index (χ3v) is 2.56. The zero-order valence-electron chi connectivity index (χ0n) is 6.30. The molecule has 1 aromatic rings. The molecule has 0 amide bonds. The first-order valence-electron chi connectivity index (χ1n) is 3.61. The van der Waals surface area contributed by atoms with Crippen molar-refractivity contribution in [3.8, 4) is 0 Å². The van der Waals surface area contributed by atoms with Gasteiger partial charge in [-0.25, -0.2) is 0 Å². The molecule has 0 bridgehead atoms. The van der Waals surface area contributed by atoms with Gasteiger partial charge in [0.15, 0.2) is 0 Å². The van der Waals surface area contributed by atoms with Crippen LogP contribution in [0.1, 0.15) is 12.5 Å². The summed E-state index contributed by atoms with van der Waals surface area (Å²) in [6, 6.07) is 8.28. The first-order valence-corrected chi connectivity index (χ1v) is 4.40. The van der Waals surface area contributed by atoms with Crippen molar-refractivity contribution >= 4 is 15.9 Å². The second-order valence-electron chi connectivity index (χ2n) is 3.03. The lowest BCUT2D eigenvalue weighted by molar-refractivity contribution is 0.329. The van der Waals surface area contributed by atoms with E-state index in [-0.39, 0.29) is 5.60 Å². The zero-order valence-corrected chi connectivity index (χ0v) is 7.89. The maximum absolute atomic E-state index is 5.31. The van der Waals surface area contributed by atoms with Gasteiger partial charge in [0.05, 0.1) is 6.61 Å². The minimum absolute atomic E-state index is 0.0146. The summed E-state index contributed by atoms with van der Waals surface area (Å²) in [4.78, 5) is 0. The Balaban J connectivity index is 2.33. The number of hydrogen-bond acceptors (Lipinski definition) is 1. The zero-order chi connectivity index (χ0) is 7.90. The second-order valence-corrected chi connectivity index (χ2v) is 3.94. The van der Waals surface area contributed by atoms with Crippen LogP contribution in [-0.4, -0.2) is 6.61 Å². The molecule has 1 nitrogen and oxygen atoms in total. The molecule has 1 fully saturated rings. The van der Waals surface area contributed by atoms with Crippen molar-refractivity contribution in [1.29, 1.82) is 0 Å². The molecule has 1 saturated heterocycles. The summed E-state index contributed by atoms with van der Waals surface area (Å²) in [6.45, 7) is 2.96. The van der Waals surface area contributed by atoms with Crippen molar-refractivity contribution in [3.05, 3.63) is 34.3 Å². The Morgan fingerprint density at radius 2 is 1.91 bits per heavy atom. The van der Waals surface area contributed by atoms with E-state index in [1.807, 2.05) is 12.1 Å². The molecule has 11 heavy (non-hydrogen) atoms. The lowest BCUT2D eigenvalue weighted by Crippen LogP contribution is -2.00. The van der Waals surface area contributed by atoms with Crippen LogP contribution in [0.2, 0.25) is 0 Å². The molecule has 0 aliphatic carbocycles. The summed E-state index contributed by atoms with van der Waals surface area (Å²) >= 11 is 3.39. The lowest BCUT2D eigenvalue weighted by Gasteiger charge is -2.03. The fourth-order valence-electron chi connectivity index (χ4n) is 1.08. The Hall–Kier alpha value is -0.340. The van der Waals surface area contributed by atoms with Gasteiger partial charge in [-0.2, -0.15) is 0 Å². The van der Waals surface area contributed by atoms with Crippen LogP contribution in [0.15, 0.2) is 28.7 Å². The van der Waals surface area contributed by atoms with Gasteiger partial charge < -0.3 is 4.74 Å². The molecule has 1 aromatic carbocycles. The van der Waals surface area contributed by atoms with Crippen LogP contribution in [0.4, 0.5) is 0 Å². The first kappa shape index (κ1) is 7.32. The van der Waals surface area contributed by atoms with E-state index in [1.54, 1.807) is 0 Å².